The number of carboxylic acid groups (broad SMARTS) is 1. The summed E-state index contributed by atoms with van der Waals surface area (Å²) >= 11 is 7.72. The molecule has 0 bridgehead atoms. The topological polar surface area (TPSA) is 37.3 Å². The molecule has 0 spiro atoms. The fourth-order valence-electron chi connectivity index (χ4n) is 3.36. The van der Waals surface area contributed by atoms with Crippen molar-refractivity contribution >= 4 is 39.1 Å². The molecule has 0 aromatic heterocycles. The predicted octanol–water partition coefficient (Wildman–Crippen LogP) is 4.31. The summed E-state index contributed by atoms with van der Waals surface area (Å²) in [5, 5.41) is 12.4. The van der Waals surface area contributed by atoms with Gasteiger partial charge in [0.2, 0.25) is 0 Å². The molecule has 0 saturated heterocycles. The van der Waals surface area contributed by atoms with Crippen molar-refractivity contribution in [2.45, 2.75) is 0 Å². The van der Waals surface area contributed by atoms with Gasteiger partial charge in [0.15, 0.2) is 0 Å². The molecule has 0 unspecified atom stereocenters. The van der Waals surface area contributed by atoms with Crippen LogP contribution in [0.4, 0.5) is 0 Å². The Balaban J connectivity index is 2.43. The van der Waals surface area contributed by atoms with Gasteiger partial charge in [-0.3, -0.25) is 0 Å². The van der Waals surface area contributed by atoms with Crippen LogP contribution in [0, 0.1) is 0 Å². The molecule has 0 heterocycles. The Morgan fingerprint density at radius 3 is 1.35 bits per heavy atom. The number of aliphatic carboxylic acids is 1. The van der Waals surface area contributed by atoms with Gasteiger partial charge in [0.25, 0.3) is 0 Å². The average Bonchev–Trinajstić information content (AvgIpc) is 2.70. The van der Waals surface area contributed by atoms with Gasteiger partial charge in [-0.2, -0.15) is 0 Å². The molecule has 3 aromatic rings. The Morgan fingerprint density at radius 1 is 0.769 bits per heavy atom. The van der Waals surface area contributed by atoms with E-state index in [4.69, 9.17) is 11.2 Å². The van der Waals surface area contributed by atoms with Gasteiger partial charge < -0.3 is 0 Å². The molecular formula is C22H20ClO2P. The average molecular weight is 383 g/mol. The normalized spacial score (nSPS) is 12.7. The fraction of sp³-hybridized carbons (Fsp3) is 0.0455. The summed E-state index contributed by atoms with van der Waals surface area (Å²) < 4.78 is 0. The number of carboxylic acids is 1. The van der Waals surface area contributed by atoms with Crippen LogP contribution in [0.15, 0.2) is 103 Å². The second-order valence-electron chi connectivity index (χ2n) is 6.26. The molecule has 0 aliphatic rings. The summed E-state index contributed by atoms with van der Waals surface area (Å²) in [5.41, 5.74) is 0.106. The molecule has 3 rings (SSSR count). The van der Waals surface area contributed by atoms with Gasteiger partial charge in [-0.05, 0) is 0 Å². The first-order valence-corrected chi connectivity index (χ1v) is 11.6. The van der Waals surface area contributed by atoms with Crippen LogP contribution in [0.2, 0.25) is 0 Å². The molecule has 1 N–H and O–H groups in total. The third kappa shape index (κ3) is 2.96. The zero-order chi connectivity index (χ0) is 18.6. The third-order valence-corrected chi connectivity index (χ3v) is 11.9. The molecule has 132 valence electrons. The van der Waals surface area contributed by atoms with Crippen molar-refractivity contribution in [2.75, 3.05) is 6.16 Å². The third-order valence-electron chi connectivity index (χ3n) is 4.67. The summed E-state index contributed by atoms with van der Waals surface area (Å²) in [6, 6.07) is 29.4. The van der Waals surface area contributed by atoms with Crippen molar-refractivity contribution in [1.29, 1.82) is 0 Å². The quantitative estimate of drug-likeness (QED) is 0.509. The Kier molecular flexibility index (Phi) is 5.00. The van der Waals surface area contributed by atoms with E-state index in [1.807, 2.05) is 91.0 Å². The standard InChI is InChI=1S/C22H20ClO2P/c1-18(22(24)25)17-26(23,19-11-5-2-6-12-19,20-13-7-3-8-14-20)21-15-9-4-10-16-21/h2-16H,1,17H2,(H,24,25). The van der Waals surface area contributed by atoms with Crippen LogP contribution < -0.4 is 15.9 Å². The summed E-state index contributed by atoms with van der Waals surface area (Å²) in [5.74, 6) is -4.60. The number of hydrogen-bond donors (Lipinski definition) is 1. The van der Waals surface area contributed by atoms with Crippen LogP contribution in [0.25, 0.3) is 0 Å². The minimum atomic E-state index is -3.57. The second-order valence-corrected chi connectivity index (χ2v) is 12.7. The first kappa shape index (κ1) is 18.4. The van der Waals surface area contributed by atoms with E-state index in [-0.39, 0.29) is 11.7 Å². The Hall–Kier alpha value is -2.41. The van der Waals surface area contributed by atoms with Gasteiger partial charge in [-0.25, -0.2) is 0 Å². The number of rotatable bonds is 6. The molecule has 0 radical (unpaired) electrons. The van der Waals surface area contributed by atoms with Crippen molar-refractivity contribution < 1.29 is 9.90 Å². The van der Waals surface area contributed by atoms with E-state index in [9.17, 15) is 9.90 Å². The monoisotopic (exact) mass is 382 g/mol. The van der Waals surface area contributed by atoms with E-state index in [2.05, 4.69) is 6.58 Å². The van der Waals surface area contributed by atoms with Crippen LogP contribution in [-0.2, 0) is 4.79 Å². The van der Waals surface area contributed by atoms with E-state index >= 15 is 0 Å². The number of halogens is 1. The van der Waals surface area contributed by atoms with Gasteiger partial charge in [0, 0.05) is 0 Å². The van der Waals surface area contributed by atoms with E-state index < -0.39 is 11.9 Å². The van der Waals surface area contributed by atoms with Crippen LogP contribution >= 0.6 is 17.2 Å². The van der Waals surface area contributed by atoms with Crippen molar-refractivity contribution in [2.24, 2.45) is 0 Å². The van der Waals surface area contributed by atoms with Crippen LogP contribution in [0.3, 0.4) is 0 Å². The fourth-order valence-corrected chi connectivity index (χ4v) is 9.49. The molecule has 0 aliphatic carbocycles. The van der Waals surface area contributed by atoms with Crippen molar-refractivity contribution in [3.05, 3.63) is 103 Å². The number of hydrogen-bond acceptors (Lipinski definition) is 1. The molecule has 0 saturated carbocycles. The molecule has 3 aromatic carbocycles. The van der Waals surface area contributed by atoms with Gasteiger partial charge in [0.1, 0.15) is 0 Å². The van der Waals surface area contributed by atoms with Gasteiger partial charge >= 0.3 is 158 Å². The molecule has 0 fully saturated rings. The predicted molar refractivity (Wildman–Crippen MR) is 113 cm³/mol. The molecule has 0 atom stereocenters. The second kappa shape index (κ2) is 7.07. The summed E-state index contributed by atoms with van der Waals surface area (Å²) in [6.45, 7) is 3.81. The SMILES string of the molecule is C=C(CP(Cl)(c1ccccc1)(c1ccccc1)c1ccccc1)C(=O)O. The summed E-state index contributed by atoms with van der Waals surface area (Å²) in [6.07, 6.45) is 0.167. The van der Waals surface area contributed by atoms with Gasteiger partial charge in [-0.15, -0.1) is 0 Å². The van der Waals surface area contributed by atoms with E-state index in [0.29, 0.717) is 0 Å². The Bertz CT molecular complexity index is 825. The zero-order valence-electron chi connectivity index (χ0n) is 14.3. The zero-order valence-corrected chi connectivity index (χ0v) is 15.9. The van der Waals surface area contributed by atoms with Crippen molar-refractivity contribution in [3.8, 4) is 0 Å². The maximum atomic E-state index is 11.7. The summed E-state index contributed by atoms with van der Waals surface area (Å²) in [4.78, 5) is 11.7. The first-order valence-electron chi connectivity index (χ1n) is 8.27. The first-order chi connectivity index (χ1) is 12.5. The van der Waals surface area contributed by atoms with Gasteiger partial charge in [0.05, 0.1) is 0 Å². The van der Waals surface area contributed by atoms with Crippen LogP contribution in [-0.4, -0.2) is 17.2 Å². The van der Waals surface area contributed by atoms with E-state index in [1.54, 1.807) is 0 Å². The molecule has 2 nitrogen and oxygen atoms in total. The molecule has 26 heavy (non-hydrogen) atoms. The van der Waals surface area contributed by atoms with Crippen LogP contribution in [0.1, 0.15) is 0 Å². The number of carbonyl (C=O) groups is 1. The molecule has 4 heteroatoms. The summed E-state index contributed by atoms with van der Waals surface area (Å²) in [7, 11) is 0. The van der Waals surface area contributed by atoms with Crippen molar-refractivity contribution in [1.82, 2.24) is 0 Å². The Labute approximate surface area is 158 Å². The van der Waals surface area contributed by atoms with Crippen molar-refractivity contribution in [3.63, 3.8) is 0 Å². The number of benzene rings is 3. The molecule has 0 amide bonds. The molecule has 0 aliphatic heterocycles. The minimum absolute atomic E-state index is 0.106. The Morgan fingerprint density at radius 2 is 1.08 bits per heavy atom. The van der Waals surface area contributed by atoms with E-state index in [1.165, 1.54) is 0 Å². The maximum absolute atomic E-state index is 11.7. The van der Waals surface area contributed by atoms with Gasteiger partial charge in [-0.1, -0.05) is 0 Å². The van der Waals surface area contributed by atoms with E-state index in [0.717, 1.165) is 15.9 Å². The molecular weight excluding hydrogens is 363 g/mol. The van der Waals surface area contributed by atoms with Crippen LogP contribution in [0.5, 0.6) is 0 Å².